The van der Waals surface area contributed by atoms with Gasteiger partial charge in [0.2, 0.25) is 10.0 Å². The van der Waals surface area contributed by atoms with Gasteiger partial charge in [0.05, 0.1) is 17.1 Å². The van der Waals surface area contributed by atoms with E-state index in [0.717, 1.165) is 6.42 Å². The number of sulfonamides is 1. The molecular weight excluding hydrogens is 306 g/mol. The SMILES string of the molecule is CC(C)CCOCCNC(=O)c1cc(S(N)(=O)=O)ccc1N. The van der Waals surface area contributed by atoms with Crippen molar-refractivity contribution in [1.82, 2.24) is 5.32 Å². The summed E-state index contributed by atoms with van der Waals surface area (Å²) in [6.45, 7) is 5.54. The molecule has 0 unspecified atom stereocenters. The number of nitrogens with one attached hydrogen (secondary N) is 1. The van der Waals surface area contributed by atoms with Gasteiger partial charge >= 0.3 is 0 Å². The Kier molecular flexibility index (Phi) is 6.79. The van der Waals surface area contributed by atoms with Gasteiger partial charge < -0.3 is 15.8 Å². The number of ether oxygens (including phenoxy) is 1. The van der Waals surface area contributed by atoms with Crippen LogP contribution < -0.4 is 16.2 Å². The van der Waals surface area contributed by atoms with E-state index in [-0.39, 0.29) is 16.1 Å². The van der Waals surface area contributed by atoms with Crippen molar-refractivity contribution < 1.29 is 17.9 Å². The molecular formula is C14H23N3O4S. The molecule has 0 heterocycles. The summed E-state index contributed by atoms with van der Waals surface area (Å²) in [7, 11) is -3.88. The predicted molar refractivity (Wildman–Crippen MR) is 84.8 cm³/mol. The maximum atomic E-state index is 12.0. The number of amides is 1. The minimum atomic E-state index is -3.88. The largest absolute Gasteiger partial charge is 0.398 e. The fourth-order valence-corrected chi connectivity index (χ4v) is 2.20. The Hall–Kier alpha value is -1.64. The van der Waals surface area contributed by atoms with Crippen molar-refractivity contribution in [3.8, 4) is 0 Å². The molecule has 1 aromatic carbocycles. The Balaban J connectivity index is 2.55. The summed E-state index contributed by atoms with van der Waals surface area (Å²) in [5.41, 5.74) is 5.95. The average Bonchev–Trinajstić information content (AvgIpc) is 2.41. The van der Waals surface area contributed by atoms with E-state index in [1.807, 2.05) is 0 Å². The van der Waals surface area contributed by atoms with Crippen LogP contribution in [0.2, 0.25) is 0 Å². The zero-order valence-corrected chi connectivity index (χ0v) is 13.7. The predicted octanol–water partition coefficient (Wildman–Crippen LogP) is 0.709. The first-order valence-electron chi connectivity index (χ1n) is 7.00. The van der Waals surface area contributed by atoms with Crippen molar-refractivity contribution in [3.05, 3.63) is 23.8 Å². The summed E-state index contributed by atoms with van der Waals surface area (Å²) in [5, 5.41) is 7.66. The van der Waals surface area contributed by atoms with Crippen molar-refractivity contribution in [1.29, 1.82) is 0 Å². The highest BCUT2D eigenvalue weighted by Crippen LogP contribution is 2.16. The first kappa shape index (κ1) is 18.4. The second kappa shape index (κ2) is 8.11. The van der Waals surface area contributed by atoms with E-state index in [2.05, 4.69) is 19.2 Å². The van der Waals surface area contributed by atoms with Crippen molar-refractivity contribution in [3.63, 3.8) is 0 Å². The minimum absolute atomic E-state index is 0.0775. The molecule has 1 aromatic rings. The number of anilines is 1. The number of carbonyl (C=O) groups is 1. The molecule has 7 nitrogen and oxygen atoms in total. The van der Waals surface area contributed by atoms with Crippen molar-refractivity contribution >= 4 is 21.6 Å². The molecule has 0 saturated heterocycles. The lowest BCUT2D eigenvalue weighted by molar-refractivity contribution is 0.0906. The molecule has 1 amide bonds. The Bertz CT molecular complexity index is 615. The molecule has 124 valence electrons. The minimum Gasteiger partial charge on any atom is -0.398 e. The van der Waals surface area contributed by atoms with Crippen LogP contribution in [0.15, 0.2) is 23.1 Å². The van der Waals surface area contributed by atoms with E-state index in [0.29, 0.717) is 25.7 Å². The average molecular weight is 329 g/mol. The van der Waals surface area contributed by atoms with Crippen LogP contribution in [0.4, 0.5) is 5.69 Å². The summed E-state index contributed by atoms with van der Waals surface area (Å²) >= 11 is 0. The molecule has 0 aromatic heterocycles. The van der Waals surface area contributed by atoms with Crippen LogP contribution in [0, 0.1) is 5.92 Å². The van der Waals surface area contributed by atoms with Crippen LogP contribution >= 0.6 is 0 Å². The fraction of sp³-hybridized carbons (Fsp3) is 0.500. The van der Waals surface area contributed by atoms with Crippen LogP contribution in [0.5, 0.6) is 0 Å². The summed E-state index contributed by atoms with van der Waals surface area (Å²) in [5.74, 6) is 0.103. The van der Waals surface area contributed by atoms with Gasteiger partial charge in [0.1, 0.15) is 0 Å². The Labute approximate surface area is 131 Å². The maximum Gasteiger partial charge on any atom is 0.253 e. The zero-order chi connectivity index (χ0) is 16.8. The van der Waals surface area contributed by atoms with Gasteiger partial charge in [-0.05, 0) is 30.5 Å². The number of carbonyl (C=O) groups excluding carboxylic acids is 1. The van der Waals surface area contributed by atoms with Gasteiger partial charge in [-0.25, -0.2) is 13.6 Å². The Morgan fingerprint density at radius 2 is 2.00 bits per heavy atom. The molecule has 8 heteroatoms. The molecule has 22 heavy (non-hydrogen) atoms. The topological polar surface area (TPSA) is 125 Å². The number of rotatable bonds is 8. The number of primary sulfonamides is 1. The molecule has 0 saturated carbocycles. The Morgan fingerprint density at radius 1 is 1.32 bits per heavy atom. The molecule has 0 aliphatic heterocycles. The molecule has 1 rings (SSSR count). The molecule has 0 aliphatic rings. The number of hydrogen-bond acceptors (Lipinski definition) is 5. The van der Waals surface area contributed by atoms with Gasteiger partial charge in [0.25, 0.3) is 5.91 Å². The summed E-state index contributed by atoms with van der Waals surface area (Å²) in [6.07, 6.45) is 0.956. The molecule has 5 N–H and O–H groups in total. The van der Waals surface area contributed by atoms with Crippen LogP contribution in [0.3, 0.4) is 0 Å². The van der Waals surface area contributed by atoms with E-state index in [4.69, 9.17) is 15.6 Å². The lowest BCUT2D eigenvalue weighted by atomic mass is 10.1. The molecule has 0 aliphatic carbocycles. The number of benzene rings is 1. The van der Waals surface area contributed by atoms with Gasteiger partial charge in [0, 0.05) is 18.8 Å². The van der Waals surface area contributed by atoms with Gasteiger partial charge in [-0.15, -0.1) is 0 Å². The lowest BCUT2D eigenvalue weighted by Gasteiger charge is -2.10. The highest BCUT2D eigenvalue weighted by atomic mass is 32.2. The molecule has 0 fully saturated rings. The highest BCUT2D eigenvalue weighted by Gasteiger charge is 2.15. The number of nitrogens with two attached hydrogens (primary N) is 2. The Morgan fingerprint density at radius 3 is 2.59 bits per heavy atom. The molecule has 0 spiro atoms. The van der Waals surface area contributed by atoms with E-state index in [1.165, 1.54) is 18.2 Å². The van der Waals surface area contributed by atoms with Crippen LogP contribution in [0.1, 0.15) is 30.6 Å². The summed E-state index contributed by atoms with van der Waals surface area (Å²) < 4.78 is 28.0. The van der Waals surface area contributed by atoms with E-state index >= 15 is 0 Å². The standard InChI is InChI=1S/C14H23N3O4S/c1-10(2)5-7-21-8-6-17-14(18)12-9-11(22(16,19)20)3-4-13(12)15/h3-4,9-10H,5-8,15H2,1-2H3,(H,17,18)(H2,16,19,20). The number of nitrogen functional groups attached to an aromatic ring is 1. The first-order valence-corrected chi connectivity index (χ1v) is 8.54. The quantitative estimate of drug-likeness (QED) is 0.478. The third kappa shape index (κ3) is 6.00. The van der Waals surface area contributed by atoms with Crippen LogP contribution in [0.25, 0.3) is 0 Å². The fourth-order valence-electron chi connectivity index (χ4n) is 1.66. The third-order valence-electron chi connectivity index (χ3n) is 2.97. The second-order valence-electron chi connectivity index (χ2n) is 5.34. The van der Waals surface area contributed by atoms with Crippen molar-refractivity contribution in [2.75, 3.05) is 25.5 Å². The first-order chi connectivity index (χ1) is 10.2. The van der Waals surface area contributed by atoms with E-state index in [1.54, 1.807) is 0 Å². The van der Waals surface area contributed by atoms with Gasteiger partial charge in [-0.3, -0.25) is 4.79 Å². The molecule has 0 bridgehead atoms. The highest BCUT2D eigenvalue weighted by molar-refractivity contribution is 7.89. The van der Waals surface area contributed by atoms with Gasteiger partial charge in [0.15, 0.2) is 0 Å². The number of hydrogen-bond donors (Lipinski definition) is 3. The van der Waals surface area contributed by atoms with Crippen molar-refractivity contribution in [2.45, 2.75) is 25.2 Å². The lowest BCUT2D eigenvalue weighted by Crippen LogP contribution is -2.28. The molecule has 0 atom stereocenters. The van der Waals surface area contributed by atoms with Crippen molar-refractivity contribution in [2.24, 2.45) is 11.1 Å². The molecule has 0 radical (unpaired) electrons. The normalized spacial score (nSPS) is 11.6. The van der Waals surface area contributed by atoms with Gasteiger partial charge in [-0.2, -0.15) is 0 Å². The third-order valence-corrected chi connectivity index (χ3v) is 3.88. The zero-order valence-electron chi connectivity index (χ0n) is 12.8. The second-order valence-corrected chi connectivity index (χ2v) is 6.91. The van der Waals surface area contributed by atoms with Gasteiger partial charge in [-0.1, -0.05) is 13.8 Å². The monoisotopic (exact) mass is 329 g/mol. The van der Waals surface area contributed by atoms with Crippen LogP contribution in [-0.4, -0.2) is 34.1 Å². The smallest absolute Gasteiger partial charge is 0.253 e. The van der Waals surface area contributed by atoms with E-state index in [9.17, 15) is 13.2 Å². The maximum absolute atomic E-state index is 12.0. The van der Waals surface area contributed by atoms with Crippen LogP contribution in [-0.2, 0) is 14.8 Å². The summed E-state index contributed by atoms with van der Waals surface area (Å²) in [4.78, 5) is 11.9. The van der Waals surface area contributed by atoms with E-state index < -0.39 is 15.9 Å². The summed E-state index contributed by atoms with van der Waals surface area (Å²) in [6, 6.07) is 3.77.